The third kappa shape index (κ3) is 6.27. The van der Waals surface area contributed by atoms with Crippen LogP contribution in [0.3, 0.4) is 0 Å². The maximum atomic E-state index is 12.9. The highest BCUT2D eigenvalue weighted by Crippen LogP contribution is 2.20. The second kappa shape index (κ2) is 10.0. The van der Waals surface area contributed by atoms with Gasteiger partial charge in [0, 0.05) is 32.2 Å². The minimum absolute atomic E-state index is 0.0912. The molecular formula is C22H35N3O3S. The number of aryl methyl sites for hydroxylation is 1. The molecule has 2 aliphatic rings. The fourth-order valence-electron chi connectivity index (χ4n) is 4.54. The van der Waals surface area contributed by atoms with Crippen molar-refractivity contribution in [1.82, 2.24) is 14.1 Å². The van der Waals surface area contributed by atoms with Gasteiger partial charge in [-0.2, -0.15) is 4.31 Å². The Kier molecular flexibility index (Phi) is 7.71. The zero-order chi connectivity index (χ0) is 20.9. The Morgan fingerprint density at radius 3 is 2.52 bits per heavy atom. The lowest BCUT2D eigenvalue weighted by molar-refractivity contribution is -0.132. The van der Waals surface area contributed by atoms with Crippen molar-refractivity contribution in [2.24, 2.45) is 0 Å². The summed E-state index contributed by atoms with van der Waals surface area (Å²) in [5.41, 5.74) is 2.17. The highest BCUT2D eigenvalue weighted by atomic mass is 32.2. The van der Waals surface area contributed by atoms with Crippen LogP contribution < -0.4 is 0 Å². The SMILES string of the molecule is Cc1ccccc1CC(=O)N1CCCC(N(CCN2CCCCC2)S(C)(=O)=O)C1. The predicted octanol–water partition coefficient (Wildman–Crippen LogP) is 2.28. The van der Waals surface area contributed by atoms with Crippen molar-refractivity contribution in [3.63, 3.8) is 0 Å². The second-order valence-corrected chi connectivity index (χ2v) is 10.5. The molecule has 1 unspecified atom stereocenters. The number of piperidine rings is 2. The van der Waals surface area contributed by atoms with Gasteiger partial charge in [0.1, 0.15) is 0 Å². The maximum absolute atomic E-state index is 12.9. The van der Waals surface area contributed by atoms with Crippen molar-refractivity contribution in [1.29, 1.82) is 0 Å². The zero-order valence-electron chi connectivity index (χ0n) is 17.8. The summed E-state index contributed by atoms with van der Waals surface area (Å²) in [6.45, 7) is 6.65. The average Bonchev–Trinajstić information content (AvgIpc) is 2.70. The number of nitrogens with zero attached hydrogens (tertiary/aromatic N) is 3. The fourth-order valence-corrected chi connectivity index (χ4v) is 5.67. The zero-order valence-corrected chi connectivity index (χ0v) is 18.7. The highest BCUT2D eigenvalue weighted by Gasteiger charge is 2.32. The first-order valence-corrected chi connectivity index (χ1v) is 12.7. The van der Waals surface area contributed by atoms with Crippen molar-refractivity contribution in [3.05, 3.63) is 35.4 Å². The Labute approximate surface area is 175 Å². The van der Waals surface area contributed by atoms with Gasteiger partial charge in [0.05, 0.1) is 12.7 Å². The summed E-state index contributed by atoms with van der Waals surface area (Å²) in [4.78, 5) is 17.1. The van der Waals surface area contributed by atoms with Crippen LogP contribution in [-0.4, -0.2) is 80.0 Å². The van der Waals surface area contributed by atoms with Gasteiger partial charge < -0.3 is 9.80 Å². The molecule has 2 saturated heterocycles. The summed E-state index contributed by atoms with van der Waals surface area (Å²) in [5.74, 6) is 0.0912. The molecule has 0 saturated carbocycles. The maximum Gasteiger partial charge on any atom is 0.227 e. The lowest BCUT2D eigenvalue weighted by Crippen LogP contribution is -2.53. The number of benzene rings is 1. The van der Waals surface area contributed by atoms with E-state index in [9.17, 15) is 13.2 Å². The number of likely N-dealkylation sites (tertiary alicyclic amines) is 2. The van der Waals surface area contributed by atoms with Crippen molar-refractivity contribution in [2.75, 3.05) is 45.5 Å². The Morgan fingerprint density at radius 2 is 1.83 bits per heavy atom. The molecule has 162 valence electrons. The minimum atomic E-state index is -3.31. The number of carbonyl (C=O) groups excluding carboxylic acids is 1. The third-order valence-corrected chi connectivity index (χ3v) is 7.60. The van der Waals surface area contributed by atoms with Crippen molar-refractivity contribution < 1.29 is 13.2 Å². The molecule has 1 amide bonds. The molecule has 3 rings (SSSR count). The first-order valence-electron chi connectivity index (χ1n) is 10.9. The van der Waals surface area contributed by atoms with Gasteiger partial charge in [0.15, 0.2) is 0 Å². The van der Waals surface area contributed by atoms with Crippen LogP contribution in [0.15, 0.2) is 24.3 Å². The van der Waals surface area contributed by atoms with Crippen molar-refractivity contribution >= 4 is 15.9 Å². The summed E-state index contributed by atoms with van der Waals surface area (Å²) in [6.07, 6.45) is 7.02. The van der Waals surface area contributed by atoms with Crippen molar-refractivity contribution in [2.45, 2.75) is 51.5 Å². The normalized spacial score (nSPS) is 21.5. The van der Waals surface area contributed by atoms with Crippen molar-refractivity contribution in [3.8, 4) is 0 Å². The smallest absolute Gasteiger partial charge is 0.227 e. The van der Waals surface area contributed by atoms with E-state index in [1.54, 1.807) is 4.31 Å². The Balaban J connectivity index is 1.62. The molecule has 2 fully saturated rings. The molecule has 1 aromatic rings. The van der Waals surface area contributed by atoms with E-state index >= 15 is 0 Å². The molecule has 1 atom stereocenters. The molecular weight excluding hydrogens is 386 g/mol. The molecule has 29 heavy (non-hydrogen) atoms. The summed E-state index contributed by atoms with van der Waals surface area (Å²) >= 11 is 0. The van der Waals surface area contributed by atoms with E-state index in [0.717, 1.165) is 43.6 Å². The number of amides is 1. The molecule has 0 radical (unpaired) electrons. The molecule has 7 heteroatoms. The largest absolute Gasteiger partial charge is 0.341 e. The molecule has 0 spiro atoms. The van der Waals surface area contributed by atoms with Crippen LogP contribution in [-0.2, 0) is 21.2 Å². The molecule has 6 nitrogen and oxygen atoms in total. The monoisotopic (exact) mass is 421 g/mol. The molecule has 0 aromatic heterocycles. The molecule has 1 aromatic carbocycles. The summed E-state index contributed by atoms with van der Waals surface area (Å²) in [7, 11) is -3.31. The van der Waals surface area contributed by atoms with Crippen LogP contribution in [0.1, 0.15) is 43.2 Å². The van der Waals surface area contributed by atoms with Crippen LogP contribution in [0.5, 0.6) is 0 Å². The predicted molar refractivity (Wildman–Crippen MR) is 116 cm³/mol. The van der Waals surface area contributed by atoms with E-state index in [1.807, 2.05) is 36.1 Å². The molecule has 0 aliphatic carbocycles. The number of carbonyl (C=O) groups is 1. The molecule has 2 aliphatic heterocycles. The van der Waals surface area contributed by atoms with E-state index in [4.69, 9.17) is 0 Å². The first-order chi connectivity index (χ1) is 13.8. The van der Waals surface area contributed by atoms with Gasteiger partial charge in [-0.15, -0.1) is 0 Å². The topological polar surface area (TPSA) is 60.9 Å². The number of sulfonamides is 1. The quantitative estimate of drug-likeness (QED) is 0.678. The summed E-state index contributed by atoms with van der Waals surface area (Å²) < 4.78 is 26.7. The molecule has 2 heterocycles. The minimum Gasteiger partial charge on any atom is -0.341 e. The number of hydrogen-bond acceptors (Lipinski definition) is 4. The van der Waals surface area contributed by atoms with Crippen LogP contribution in [0.25, 0.3) is 0 Å². The van der Waals surface area contributed by atoms with Gasteiger partial charge in [-0.3, -0.25) is 4.79 Å². The Bertz CT molecular complexity index is 790. The number of hydrogen-bond donors (Lipinski definition) is 0. The van der Waals surface area contributed by atoms with E-state index in [2.05, 4.69) is 4.90 Å². The van der Waals surface area contributed by atoms with E-state index in [-0.39, 0.29) is 11.9 Å². The first kappa shape index (κ1) is 22.2. The second-order valence-electron chi connectivity index (χ2n) is 8.52. The Hall–Kier alpha value is -1.44. The summed E-state index contributed by atoms with van der Waals surface area (Å²) in [5, 5.41) is 0. The van der Waals surface area contributed by atoms with Crippen LogP contribution in [0, 0.1) is 6.92 Å². The van der Waals surface area contributed by atoms with Crippen LogP contribution in [0.2, 0.25) is 0 Å². The van der Waals surface area contributed by atoms with Gasteiger partial charge in [-0.1, -0.05) is 30.7 Å². The van der Waals surface area contributed by atoms with Gasteiger partial charge in [0.25, 0.3) is 0 Å². The lowest BCUT2D eigenvalue weighted by Gasteiger charge is -2.39. The van der Waals surface area contributed by atoms with Gasteiger partial charge in [-0.25, -0.2) is 8.42 Å². The summed E-state index contributed by atoms with van der Waals surface area (Å²) in [6, 6.07) is 7.83. The molecule has 0 N–H and O–H groups in total. The van der Waals surface area contributed by atoms with E-state index in [0.29, 0.717) is 26.1 Å². The number of rotatable bonds is 7. The van der Waals surface area contributed by atoms with E-state index < -0.39 is 10.0 Å². The van der Waals surface area contributed by atoms with Gasteiger partial charge in [0.2, 0.25) is 15.9 Å². The van der Waals surface area contributed by atoms with E-state index in [1.165, 1.54) is 25.5 Å². The molecule has 0 bridgehead atoms. The highest BCUT2D eigenvalue weighted by molar-refractivity contribution is 7.88. The standard InChI is InChI=1S/C22H35N3O3S/c1-19-9-4-5-10-20(19)17-22(26)24-14-8-11-21(18-24)25(29(2,27)28)16-15-23-12-6-3-7-13-23/h4-5,9-10,21H,3,6-8,11-18H2,1-2H3. The lowest BCUT2D eigenvalue weighted by atomic mass is 10.0. The van der Waals surface area contributed by atoms with Gasteiger partial charge in [-0.05, 0) is 56.8 Å². The average molecular weight is 422 g/mol. The van der Waals surface area contributed by atoms with Gasteiger partial charge >= 0.3 is 0 Å². The fraction of sp³-hybridized carbons (Fsp3) is 0.682. The Morgan fingerprint density at radius 1 is 1.10 bits per heavy atom. The van der Waals surface area contributed by atoms with Crippen LogP contribution in [0.4, 0.5) is 0 Å². The third-order valence-electron chi connectivity index (χ3n) is 6.27. The van der Waals surface area contributed by atoms with Crippen LogP contribution >= 0.6 is 0 Å².